The Balaban J connectivity index is 1.39. The number of ether oxygens (including phenoxy) is 1. The highest BCUT2D eigenvalue weighted by molar-refractivity contribution is 5.78. The fourth-order valence-electron chi connectivity index (χ4n) is 4.06. The van der Waals surface area contributed by atoms with Crippen molar-refractivity contribution < 1.29 is 9.53 Å². The maximum Gasteiger partial charge on any atom is 0.236 e. The quantitative estimate of drug-likeness (QED) is 0.810. The molecule has 2 aromatic rings. The highest BCUT2D eigenvalue weighted by atomic mass is 16.5. The zero-order chi connectivity index (χ0) is 18.5. The van der Waals surface area contributed by atoms with Crippen LogP contribution in [0.2, 0.25) is 0 Å². The van der Waals surface area contributed by atoms with Gasteiger partial charge >= 0.3 is 0 Å². The van der Waals surface area contributed by atoms with Crippen molar-refractivity contribution in [1.29, 1.82) is 0 Å². The molecule has 0 spiro atoms. The fraction of sp³-hybridized carbons (Fsp3) is 0.524. The summed E-state index contributed by atoms with van der Waals surface area (Å²) in [5, 5.41) is 0. The van der Waals surface area contributed by atoms with Gasteiger partial charge in [-0.15, -0.1) is 0 Å². The Kier molecular flexibility index (Phi) is 5.84. The first-order valence-corrected chi connectivity index (χ1v) is 9.92. The molecule has 2 saturated heterocycles. The third-order valence-corrected chi connectivity index (χ3v) is 5.55. The molecule has 1 amide bonds. The molecule has 27 heavy (non-hydrogen) atoms. The van der Waals surface area contributed by atoms with E-state index in [1.54, 1.807) is 0 Å². The van der Waals surface area contributed by atoms with E-state index < -0.39 is 0 Å². The van der Waals surface area contributed by atoms with Crippen molar-refractivity contribution in [3.63, 3.8) is 0 Å². The van der Waals surface area contributed by atoms with Crippen molar-refractivity contribution in [2.24, 2.45) is 0 Å². The number of piperidine rings is 1. The molecular weight excluding hydrogens is 340 g/mol. The smallest absolute Gasteiger partial charge is 0.236 e. The Morgan fingerprint density at radius 3 is 2.78 bits per heavy atom. The second-order valence-corrected chi connectivity index (χ2v) is 7.47. The van der Waals surface area contributed by atoms with E-state index in [1.807, 2.05) is 17.2 Å². The van der Waals surface area contributed by atoms with Gasteiger partial charge in [0.1, 0.15) is 5.82 Å². The number of amides is 1. The van der Waals surface area contributed by atoms with Crippen LogP contribution in [-0.4, -0.2) is 71.2 Å². The lowest BCUT2D eigenvalue weighted by molar-refractivity contribution is -0.134. The van der Waals surface area contributed by atoms with Gasteiger partial charge in [-0.1, -0.05) is 30.3 Å². The first kappa shape index (κ1) is 18.2. The third kappa shape index (κ3) is 4.57. The number of morpholine rings is 1. The van der Waals surface area contributed by atoms with Gasteiger partial charge in [-0.3, -0.25) is 9.69 Å². The average molecular weight is 368 g/mol. The number of rotatable bonds is 5. The normalized spacial score (nSPS) is 21.3. The van der Waals surface area contributed by atoms with E-state index in [2.05, 4.69) is 44.9 Å². The molecule has 2 aliphatic rings. The summed E-state index contributed by atoms with van der Waals surface area (Å²) in [7, 11) is 0. The van der Waals surface area contributed by atoms with Gasteiger partial charge in [0.05, 0.1) is 19.8 Å². The van der Waals surface area contributed by atoms with E-state index in [0.29, 0.717) is 12.5 Å². The molecule has 1 aromatic carbocycles. The van der Waals surface area contributed by atoms with Gasteiger partial charge in [-0.05, 0) is 18.4 Å². The summed E-state index contributed by atoms with van der Waals surface area (Å²) in [6.07, 6.45) is 6.06. The number of hydrogen-bond acceptors (Lipinski definition) is 4. The van der Waals surface area contributed by atoms with E-state index in [4.69, 9.17) is 4.74 Å². The van der Waals surface area contributed by atoms with Gasteiger partial charge in [0.2, 0.25) is 5.91 Å². The van der Waals surface area contributed by atoms with E-state index in [-0.39, 0.29) is 5.91 Å². The zero-order valence-electron chi connectivity index (χ0n) is 15.8. The van der Waals surface area contributed by atoms with Crippen LogP contribution in [0.15, 0.2) is 42.7 Å². The number of benzene rings is 1. The predicted molar refractivity (Wildman–Crippen MR) is 104 cm³/mol. The lowest BCUT2D eigenvalue weighted by Crippen LogP contribution is -2.47. The molecule has 6 heteroatoms. The third-order valence-electron chi connectivity index (χ3n) is 5.55. The molecule has 2 aliphatic heterocycles. The molecule has 0 saturated carbocycles. The van der Waals surface area contributed by atoms with Crippen LogP contribution < -0.4 is 0 Å². The number of carbonyl (C=O) groups excluding carboxylic acids is 1. The van der Waals surface area contributed by atoms with E-state index in [1.165, 1.54) is 5.56 Å². The molecule has 0 N–H and O–H groups in total. The summed E-state index contributed by atoms with van der Waals surface area (Å²) in [5.74, 6) is 1.65. The molecule has 4 rings (SSSR count). The summed E-state index contributed by atoms with van der Waals surface area (Å²) in [5.41, 5.74) is 1.27. The maximum absolute atomic E-state index is 12.8. The van der Waals surface area contributed by atoms with Crippen molar-refractivity contribution in [3.05, 3.63) is 54.1 Å². The number of nitrogens with zero attached hydrogens (tertiary/aromatic N) is 4. The van der Waals surface area contributed by atoms with Gasteiger partial charge in [0, 0.05) is 51.0 Å². The molecule has 0 radical (unpaired) electrons. The molecule has 144 valence electrons. The molecule has 0 bridgehead atoms. The van der Waals surface area contributed by atoms with Gasteiger partial charge in [0.15, 0.2) is 0 Å². The lowest BCUT2D eigenvalue weighted by atomic mass is 9.97. The first-order valence-electron chi connectivity index (χ1n) is 9.92. The standard InChI is InChI=1S/C21H28N4O2/c26-20(17-23-11-13-27-14-12-23)24-9-4-7-19(16-24)21-22-8-10-25(21)15-18-5-2-1-3-6-18/h1-3,5-6,8,10,19H,4,7,9,11-17H2/t19-/m0/s1. The largest absolute Gasteiger partial charge is 0.379 e. The molecule has 0 aliphatic carbocycles. The Bertz CT molecular complexity index is 740. The second-order valence-electron chi connectivity index (χ2n) is 7.47. The molecule has 1 atom stereocenters. The van der Waals surface area contributed by atoms with Crippen molar-refractivity contribution >= 4 is 5.91 Å². The highest BCUT2D eigenvalue weighted by Crippen LogP contribution is 2.26. The highest BCUT2D eigenvalue weighted by Gasteiger charge is 2.28. The molecule has 3 heterocycles. The van der Waals surface area contributed by atoms with Crippen molar-refractivity contribution in [3.8, 4) is 0 Å². The van der Waals surface area contributed by atoms with Gasteiger partial charge in [0.25, 0.3) is 0 Å². The van der Waals surface area contributed by atoms with Crippen molar-refractivity contribution in [2.45, 2.75) is 25.3 Å². The summed E-state index contributed by atoms with van der Waals surface area (Å²) < 4.78 is 7.61. The van der Waals surface area contributed by atoms with Crippen molar-refractivity contribution in [2.75, 3.05) is 45.9 Å². The molecule has 1 aromatic heterocycles. The van der Waals surface area contributed by atoms with Crippen molar-refractivity contribution in [1.82, 2.24) is 19.4 Å². The van der Waals surface area contributed by atoms with Crippen LogP contribution in [0.4, 0.5) is 0 Å². The Hall–Kier alpha value is -2.18. The molecular formula is C21H28N4O2. The fourth-order valence-corrected chi connectivity index (χ4v) is 4.06. The van der Waals surface area contributed by atoms with Crippen LogP contribution in [0, 0.1) is 0 Å². The van der Waals surface area contributed by atoms with Crippen LogP contribution in [0.5, 0.6) is 0 Å². The summed E-state index contributed by atoms with van der Waals surface area (Å²) >= 11 is 0. The maximum atomic E-state index is 12.8. The minimum Gasteiger partial charge on any atom is -0.379 e. The van der Waals surface area contributed by atoms with E-state index in [9.17, 15) is 4.79 Å². The minimum absolute atomic E-state index is 0.239. The zero-order valence-corrected chi connectivity index (χ0v) is 15.8. The molecule has 2 fully saturated rings. The average Bonchev–Trinajstić information content (AvgIpc) is 3.18. The first-order chi connectivity index (χ1) is 13.3. The van der Waals surface area contributed by atoms with Crippen LogP contribution in [0.1, 0.15) is 30.1 Å². The number of imidazole rings is 1. The summed E-state index contributed by atoms with van der Waals surface area (Å²) in [4.78, 5) is 21.7. The number of likely N-dealkylation sites (tertiary alicyclic amines) is 1. The van der Waals surface area contributed by atoms with E-state index >= 15 is 0 Å². The Morgan fingerprint density at radius 1 is 1.15 bits per heavy atom. The lowest BCUT2D eigenvalue weighted by Gasteiger charge is -2.35. The second kappa shape index (κ2) is 8.67. The van der Waals surface area contributed by atoms with Gasteiger partial charge in [-0.25, -0.2) is 4.98 Å². The van der Waals surface area contributed by atoms with Gasteiger partial charge < -0.3 is 14.2 Å². The minimum atomic E-state index is 0.239. The number of carbonyl (C=O) groups is 1. The topological polar surface area (TPSA) is 50.6 Å². The van der Waals surface area contributed by atoms with Gasteiger partial charge in [-0.2, -0.15) is 0 Å². The predicted octanol–water partition coefficient (Wildman–Crippen LogP) is 1.97. The van der Waals surface area contributed by atoms with Crippen LogP contribution in [-0.2, 0) is 16.1 Å². The summed E-state index contributed by atoms with van der Waals surface area (Å²) in [6.45, 7) is 6.13. The van der Waals surface area contributed by atoms with Crippen LogP contribution >= 0.6 is 0 Å². The summed E-state index contributed by atoms with van der Waals surface area (Å²) in [6, 6.07) is 10.5. The monoisotopic (exact) mass is 368 g/mol. The molecule has 0 unspecified atom stereocenters. The van der Waals surface area contributed by atoms with Crippen LogP contribution in [0.25, 0.3) is 0 Å². The van der Waals surface area contributed by atoms with Crippen LogP contribution in [0.3, 0.4) is 0 Å². The van der Waals surface area contributed by atoms with E-state index in [0.717, 1.165) is 64.6 Å². The number of hydrogen-bond donors (Lipinski definition) is 0. The SMILES string of the molecule is O=C(CN1CCOCC1)N1CCC[C@H](c2nccn2Cc2ccccc2)C1. The number of aromatic nitrogens is 2. The Labute approximate surface area is 160 Å². The Morgan fingerprint density at radius 2 is 1.96 bits per heavy atom. The molecule has 6 nitrogen and oxygen atoms in total.